The maximum atomic E-state index is 12.1. The lowest BCUT2D eigenvalue weighted by atomic mass is 10.0. The lowest BCUT2D eigenvalue weighted by Gasteiger charge is -2.16. The number of nitriles is 1. The Bertz CT molecular complexity index is 679. The lowest BCUT2D eigenvalue weighted by Crippen LogP contribution is -2.30. The van der Waals surface area contributed by atoms with E-state index in [1.165, 1.54) is 5.56 Å². The number of rotatable bonds is 5. The Morgan fingerprint density at radius 3 is 2.81 bits per heavy atom. The molecule has 110 valence electrons. The van der Waals surface area contributed by atoms with Gasteiger partial charge >= 0.3 is 0 Å². The summed E-state index contributed by atoms with van der Waals surface area (Å²) in [6, 6.07) is 10.5. The van der Waals surface area contributed by atoms with Crippen LogP contribution in [0.2, 0.25) is 0 Å². The average Bonchev–Trinajstić information content (AvgIpc) is 2.86. The Morgan fingerprint density at radius 2 is 2.14 bits per heavy atom. The smallest absolute Gasteiger partial charge is 0.242 e. The van der Waals surface area contributed by atoms with Crippen LogP contribution in [0.3, 0.4) is 0 Å². The van der Waals surface area contributed by atoms with E-state index in [2.05, 4.69) is 38.1 Å². The molecule has 2 rings (SSSR count). The van der Waals surface area contributed by atoms with Crippen molar-refractivity contribution in [3.8, 4) is 6.07 Å². The minimum Gasteiger partial charge on any atom is -0.343 e. The van der Waals surface area contributed by atoms with Crippen LogP contribution in [0.1, 0.15) is 31.7 Å². The molecule has 0 aliphatic heterocycles. The normalized spacial score (nSPS) is 10.8. The average molecular weight is 283 g/mol. The molecular formula is C17H21N3O. The van der Waals surface area contributed by atoms with Gasteiger partial charge in [-0.05, 0) is 35.1 Å². The summed E-state index contributed by atoms with van der Waals surface area (Å²) in [6.07, 6.45) is 2.32. The van der Waals surface area contributed by atoms with Crippen molar-refractivity contribution >= 4 is 16.8 Å². The fourth-order valence-electron chi connectivity index (χ4n) is 2.32. The molecule has 1 aromatic carbocycles. The van der Waals surface area contributed by atoms with Crippen LogP contribution in [0, 0.1) is 11.3 Å². The number of carbonyl (C=O) groups is 1. The predicted octanol–water partition coefficient (Wildman–Crippen LogP) is 3.14. The van der Waals surface area contributed by atoms with Gasteiger partial charge in [0.1, 0.15) is 6.54 Å². The van der Waals surface area contributed by atoms with Crippen molar-refractivity contribution in [2.24, 2.45) is 0 Å². The molecule has 0 saturated carbocycles. The van der Waals surface area contributed by atoms with Gasteiger partial charge in [0.15, 0.2) is 0 Å². The van der Waals surface area contributed by atoms with Crippen molar-refractivity contribution in [3.63, 3.8) is 0 Å². The second kappa shape index (κ2) is 6.45. The number of benzene rings is 1. The first-order valence-corrected chi connectivity index (χ1v) is 7.22. The zero-order valence-corrected chi connectivity index (χ0v) is 12.8. The molecule has 0 atom stereocenters. The van der Waals surface area contributed by atoms with E-state index in [0.29, 0.717) is 25.4 Å². The number of hydrogen-bond acceptors (Lipinski definition) is 2. The van der Waals surface area contributed by atoms with Gasteiger partial charge in [-0.3, -0.25) is 4.79 Å². The summed E-state index contributed by atoms with van der Waals surface area (Å²) in [5.41, 5.74) is 2.37. The summed E-state index contributed by atoms with van der Waals surface area (Å²) in [6.45, 7) is 5.14. The van der Waals surface area contributed by atoms with Crippen LogP contribution in [0.5, 0.6) is 0 Å². The molecule has 1 heterocycles. The quantitative estimate of drug-likeness (QED) is 0.846. The molecular weight excluding hydrogens is 262 g/mol. The van der Waals surface area contributed by atoms with E-state index in [-0.39, 0.29) is 5.91 Å². The van der Waals surface area contributed by atoms with Gasteiger partial charge < -0.3 is 9.47 Å². The van der Waals surface area contributed by atoms with Gasteiger partial charge in [0.2, 0.25) is 5.91 Å². The zero-order chi connectivity index (χ0) is 15.4. The Morgan fingerprint density at radius 1 is 1.38 bits per heavy atom. The van der Waals surface area contributed by atoms with Crippen molar-refractivity contribution in [3.05, 3.63) is 36.0 Å². The third kappa shape index (κ3) is 3.43. The summed E-state index contributed by atoms with van der Waals surface area (Å²) >= 11 is 0. The number of fused-ring (bicyclic) bond motifs is 1. The van der Waals surface area contributed by atoms with Crippen LogP contribution >= 0.6 is 0 Å². The SMILES string of the molecule is CC(C)c1ccc2c(ccn2CC(=O)N(C)CCC#N)c1. The van der Waals surface area contributed by atoms with Gasteiger partial charge in [0.25, 0.3) is 0 Å². The number of amides is 1. The lowest BCUT2D eigenvalue weighted by molar-refractivity contribution is -0.130. The highest BCUT2D eigenvalue weighted by Gasteiger charge is 2.11. The number of aromatic nitrogens is 1. The molecule has 0 saturated heterocycles. The van der Waals surface area contributed by atoms with Gasteiger partial charge in [-0.1, -0.05) is 19.9 Å². The fourth-order valence-corrected chi connectivity index (χ4v) is 2.32. The first-order chi connectivity index (χ1) is 10.0. The van der Waals surface area contributed by atoms with Crippen LogP contribution in [0.15, 0.2) is 30.5 Å². The monoisotopic (exact) mass is 283 g/mol. The first kappa shape index (κ1) is 15.1. The molecule has 21 heavy (non-hydrogen) atoms. The summed E-state index contributed by atoms with van der Waals surface area (Å²) in [7, 11) is 1.74. The van der Waals surface area contributed by atoms with Crippen molar-refractivity contribution < 1.29 is 4.79 Å². The van der Waals surface area contributed by atoms with E-state index in [9.17, 15) is 4.79 Å². The molecule has 1 aromatic heterocycles. The molecule has 4 nitrogen and oxygen atoms in total. The van der Waals surface area contributed by atoms with Crippen LogP contribution in [0.25, 0.3) is 10.9 Å². The molecule has 0 aliphatic rings. The molecule has 1 amide bonds. The molecule has 0 unspecified atom stereocenters. The van der Waals surface area contributed by atoms with E-state index in [4.69, 9.17) is 5.26 Å². The summed E-state index contributed by atoms with van der Waals surface area (Å²) < 4.78 is 1.96. The topological polar surface area (TPSA) is 49.0 Å². The van der Waals surface area contributed by atoms with Crippen LogP contribution in [-0.2, 0) is 11.3 Å². The van der Waals surface area contributed by atoms with Crippen molar-refractivity contribution in [2.45, 2.75) is 32.7 Å². The van der Waals surface area contributed by atoms with Gasteiger partial charge in [-0.25, -0.2) is 0 Å². The summed E-state index contributed by atoms with van der Waals surface area (Å²) in [5.74, 6) is 0.521. The maximum absolute atomic E-state index is 12.1. The minimum atomic E-state index is 0.0238. The molecule has 0 N–H and O–H groups in total. The zero-order valence-electron chi connectivity index (χ0n) is 12.8. The molecule has 0 bridgehead atoms. The largest absolute Gasteiger partial charge is 0.343 e. The highest BCUT2D eigenvalue weighted by molar-refractivity contribution is 5.84. The minimum absolute atomic E-state index is 0.0238. The van der Waals surface area contributed by atoms with Crippen molar-refractivity contribution in [2.75, 3.05) is 13.6 Å². The van der Waals surface area contributed by atoms with Gasteiger partial charge in [-0.15, -0.1) is 0 Å². The Hall–Kier alpha value is -2.28. The number of carbonyl (C=O) groups excluding carboxylic acids is 1. The molecule has 2 aromatic rings. The number of hydrogen-bond donors (Lipinski definition) is 0. The molecule has 0 spiro atoms. The van der Waals surface area contributed by atoms with Crippen molar-refractivity contribution in [1.82, 2.24) is 9.47 Å². The summed E-state index contributed by atoms with van der Waals surface area (Å²) in [5, 5.41) is 9.73. The molecule has 0 aliphatic carbocycles. The Balaban J connectivity index is 2.16. The standard InChI is InChI=1S/C17H21N3O/c1-13(2)14-5-6-16-15(11-14)7-10-20(16)12-17(21)19(3)9-4-8-18/h5-7,10-11,13H,4,9,12H2,1-3H3. The Labute approximate surface area is 125 Å². The van der Waals surface area contributed by atoms with E-state index in [1.54, 1.807) is 11.9 Å². The maximum Gasteiger partial charge on any atom is 0.242 e. The van der Waals surface area contributed by atoms with Crippen LogP contribution < -0.4 is 0 Å². The second-order valence-electron chi connectivity index (χ2n) is 5.64. The van der Waals surface area contributed by atoms with E-state index < -0.39 is 0 Å². The molecule has 4 heteroatoms. The molecule has 0 radical (unpaired) electrons. The second-order valence-corrected chi connectivity index (χ2v) is 5.64. The Kier molecular flexibility index (Phi) is 4.64. The van der Waals surface area contributed by atoms with Gasteiger partial charge in [0.05, 0.1) is 12.5 Å². The van der Waals surface area contributed by atoms with Crippen LogP contribution in [-0.4, -0.2) is 29.0 Å². The summed E-state index contributed by atoms with van der Waals surface area (Å²) in [4.78, 5) is 13.7. The fraction of sp³-hybridized carbons (Fsp3) is 0.412. The first-order valence-electron chi connectivity index (χ1n) is 7.22. The number of likely N-dealkylation sites (N-methyl/N-ethyl adjacent to an activating group) is 1. The van der Waals surface area contributed by atoms with E-state index in [0.717, 1.165) is 10.9 Å². The van der Waals surface area contributed by atoms with Gasteiger partial charge in [0, 0.05) is 25.3 Å². The van der Waals surface area contributed by atoms with Crippen molar-refractivity contribution in [1.29, 1.82) is 5.26 Å². The van der Waals surface area contributed by atoms with Gasteiger partial charge in [-0.2, -0.15) is 5.26 Å². The highest BCUT2D eigenvalue weighted by Crippen LogP contribution is 2.22. The van der Waals surface area contributed by atoms with E-state index >= 15 is 0 Å². The number of nitrogens with zero attached hydrogens (tertiary/aromatic N) is 3. The van der Waals surface area contributed by atoms with E-state index in [1.807, 2.05) is 16.8 Å². The van der Waals surface area contributed by atoms with Crippen LogP contribution in [0.4, 0.5) is 0 Å². The third-order valence-electron chi connectivity index (χ3n) is 3.75. The highest BCUT2D eigenvalue weighted by atomic mass is 16.2. The third-order valence-corrected chi connectivity index (χ3v) is 3.75. The predicted molar refractivity (Wildman–Crippen MR) is 83.9 cm³/mol. The molecule has 0 fully saturated rings.